The molecule has 2 aromatic carbocycles. The lowest BCUT2D eigenvalue weighted by Crippen LogP contribution is -2.13. The average Bonchev–Trinajstić information content (AvgIpc) is 3.04. The number of hydrogen-bond donors (Lipinski definition) is 2. The summed E-state index contributed by atoms with van der Waals surface area (Å²) in [6.45, 7) is 3.41. The Kier molecular flexibility index (Phi) is 5.57. The number of rotatable bonds is 6. The molecular weight excluding hydrogens is 382 g/mol. The van der Waals surface area contributed by atoms with E-state index in [-0.39, 0.29) is 10.8 Å². The van der Waals surface area contributed by atoms with Crippen LogP contribution in [0.15, 0.2) is 59.5 Å². The predicted molar refractivity (Wildman–Crippen MR) is 108 cm³/mol. The van der Waals surface area contributed by atoms with Crippen LogP contribution in [-0.4, -0.2) is 19.3 Å². The summed E-state index contributed by atoms with van der Waals surface area (Å²) >= 11 is 1.33. The van der Waals surface area contributed by atoms with Gasteiger partial charge in [-0.2, -0.15) is 0 Å². The highest BCUT2D eigenvalue weighted by Gasteiger charge is 2.19. The number of benzene rings is 2. The van der Waals surface area contributed by atoms with E-state index in [1.807, 2.05) is 37.3 Å². The Morgan fingerprint density at radius 2 is 1.74 bits per heavy atom. The zero-order valence-corrected chi connectivity index (χ0v) is 16.5. The van der Waals surface area contributed by atoms with Crippen LogP contribution in [-0.2, 0) is 21.2 Å². The molecule has 0 aliphatic rings. The van der Waals surface area contributed by atoms with Crippen molar-refractivity contribution in [2.24, 2.45) is 0 Å². The van der Waals surface area contributed by atoms with Gasteiger partial charge >= 0.3 is 0 Å². The first-order valence-electron chi connectivity index (χ1n) is 8.34. The zero-order valence-electron chi connectivity index (χ0n) is 14.9. The number of nitrogens with zero attached hydrogens (tertiary/aromatic N) is 1. The van der Waals surface area contributed by atoms with Crippen LogP contribution in [0.3, 0.4) is 0 Å². The molecule has 27 heavy (non-hydrogen) atoms. The minimum atomic E-state index is -3.77. The number of aromatic nitrogens is 1. The Morgan fingerprint density at radius 1 is 1.07 bits per heavy atom. The molecule has 3 aromatic rings. The van der Waals surface area contributed by atoms with E-state index in [9.17, 15) is 13.2 Å². The van der Waals surface area contributed by atoms with Gasteiger partial charge in [0.2, 0.25) is 5.91 Å². The molecule has 0 fully saturated rings. The highest BCUT2D eigenvalue weighted by molar-refractivity contribution is 7.93. The maximum absolute atomic E-state index is 12.6. The third kappa shape index (κ3) is 4.53. The number of anilines is 2. The van der Waals surface area contributed by atoms with E-state index in [0.29, 0.717) is 10.8 Å². The number of nitrogens with one attached hydrogen (secondary N) is 2. The fourth-order valence-electron chi connectivity index (χ4n) is 2.55. The molecule has 0 unspecified atom stereocenters. The lowest BCUT2D eigenvalue weighted by Gasteiger charge is -2.06. The first-order valence-corrected chi connectivity index (χ1v) is 10.6. The maximum atomic E-state index is 12.6. The van der Waals surface area contributed by atoms with Crippen LogP contribution in [0.4, 0.5) is 10.8 Å². The van der Waals surface area contributed by atoms with Gasteiger partial charge in [-0.25, -0.2) is 13.4 Å². The molecule has 0 saturated heterocycles. The lowest BCUT2D eigenvalue weighted by atomic mass is 10.1. The topological polar surface area (TPSA) is 88.2 Å². The maximum Gasteiger partial charge on any atom is 0.263 e. The summed E-state index contributed by atoms with van der Waals surface area (Å²) in [4.78, 5) is 16.7. The van der Waals surface area contributed by atoms with E-state index in [2.05, 4.69) is 15.0 Å². The summed E-state index contributed by atoms with van der Waals surface area (Å²) in [6.07, 6.45) is 0.759. The Hall–Kier alpha value is -2.71. The second kappa shape index (κ2) is 7.89. The van der Waals surface area contributed by atoms with Gasteiger partial charge in [-0.05, 0) is 30.7 Å². The second-order valence-corrected chi connectivity index (χ2v) is 8.59. The lowest BCUT2D eigenvalue weighted by molar-refractivity contribution is -0.114. The van der Waals surface area contributed by atoms with Crippen molar-refractivity contribution >= 4 is 38.1 Å². The molecule has 0 saturated carbocycles. The number of thiazole rings is 1. The monoisotopic (exact) mass is 401 g/mol. The van der Waals surface area contributed by atoms with Gasteiger partial charge in [0.1, 0.15) is 0 Å². The van der Waals surface area contributed by atoms with Gasteiger partial charge in [-0.3, -0.25) is 9.52 Å². The SMILES string of the molecule is CCc1sc(NS(=O)(=O)c2ccc(NC(C)=O)cc2)nc1-c1ccccc1. The molecule has 2 N–H and O–H groups in total. The van der Waals surface area contributed by atoms with Crippen molar-refractivity contribution in [3.63, 3.8) is 0 Å². The fourth-order valence-corrected chi connectivity index (χ4v) is 4.71. The van der Waals surface area contributed by atoms with Crippen molar-refractivity contribution in [3.8, 4) is 11.3 Å². The quantitative estimate of drug-likeness (QED) is 0.650. The minimum absolute atomic E-state index is 0.103. The molecule has 0 bridgehead atoms. The van der Waals surface area contributed by atoms with E-state index in [4.69, 9.17) is 0 Å². The summed E-state index contributed by atoms with van der Waals surface area (Å²) < 4.78 is 27.8. The van der Waals surface area contributed by atoms with E-state index < -0.39 is 10.0 Å². The Bertz CT molecular complexity index is 1040. The molecule has 140 valence electrons. The van der Waals surface area contributed by atoms with Crippen LogP contribution in [0.5, 0.6) is 0 Å². The first-order chi connectivity index (χ1) is 12.9. The summed E-state index contributed by atoms with van der Waals surface area (Å²) in [5, 5.41) is 2.94. The Morgan fingerprint density at radius 3 is 2.33 bits per heavy atom. The molecule has 8 heteroatoms. The van der Waals surface area contributed by atoms with E-state index in [1.165, 1.54) is 30.4 Å². The van der Waals surface area contributed by atoms with Gasteiger partial charge < -0.3 is 5.32 Å². The zero-order chi connectivity index (χ0) is 19.4. The number of hydrogen-bond acceptors (Lipinski definition) is 5. The van der Waals surface area contributed by atoms with E-state index >= 15 is 0 Å². The third-order valence-corrected chi connectivity index (χ3v) is 6.37. The summed E-state index contributed by atoms with van der Waals surface area (Å²) in [7, 11) is -3.77. The van der Waals surface area contributed by atoms with Gasteiger partial charge in [0, 0.05) is 23.1 Å². The van der Waals surface area contributed by atoms with Crippen molar-refractivity contribution in [3.05, 3.63) is 59.5 Å². The Labute approximate surface area is 162 Å². The van der Waals surface area contributed by atoms with Crippen molar-refractivity contribution in [2.45, 2.75) is 25.2 Å². The standard InChI is InChI=1S/C19H19N3O3S2/c1-3-17-18(14-7-5-4-6-8-14)21-19(26-17)22-27(24,25)16-11-9-15(10-12-16)20-13(2)23/h4-12H,3H2,1-2H3,(H,20,23)(H,21,22). The largest absolute Gasteiger partial charge is 0.326 e. The number of amides is 1. The predicted octanol–water partition coefficient (Wildman–Crippen LogP) is 4.13. The van der Waals surface area contributed by atoms with E-state index in [0.717, 1.165) is 22.6 Å². The molecular formula is C19H19N3O3S2. The van der Waals surface area contributed by atoms with Crippen LogP contribution in [0.2, 0.25) is 0 Å². The molecule has 0 spiro atoms. The van der Waals surface area contributed by atoms with Crippen molar-refractivity contribution in [1.82, 2.24) is 4.98 Å². The van der Waals surface area contributed by atoms with E-state index in [1.54, 1.807) is 12.1 Å². The van der Waals surface area contributed by atoms with Crippen LogP contribution >= 0.6 is 11.3 Å². The summed E-state index contributed by atoms with van der Waals surface area (Å²) in [6, 6.07) is 15.7. The molecule has 1 heterocycles. The van der Waals surface area contributed by atoms with Crippen molar-refractivity contribution in [1.29, 1.82) is 0 Å². The smallest absolute Gasteiger partial charge is 0.263 e. The highest BCUT2D eigenvalue weighted by Crippen LogP contribution is 2.32. The van der Waals surface area contributed by atoms with Gasteiger partial charge in [0.05, 0.1) is 10.6 Å². The molecule has 3 rings (SSSR count). The van der Waals surface area contributed by atoms with Crippen LogP contribution in [0.25, 0.3) is 11.3 Å². The molecule has 0 aliphatic carbocycles. The second-order valence-electron chi connectivity index (χ2n) is 5.82. The number of aryl methyl sites for hydroxylation is 1. The molecule has 6 nitrogen and oxygen atoms in total. The first kappa shape index (κ1) is 19.1. The summed E-state index contributed by atoms with van der Waals surface area (Å²) in [5.41, 5.74) is 2.29. The molecule has 0 aliphatic heterocycles. The molecule has 0 atom stereocenters. The third-order valence-electron chi connectivity index (χ3n) is 3.77. The molecule has 1 aromatic heterocycles. The van der Waals surface area contributed by atoms with Crippen LogP contribution in [0, 0.1) is 0 Å². The minimum Gasteiger partial charge on any atom is -0.326 e. The van der Waals surface area contributed by atoms with Gasteiger partial charge in [0.15, 0.2) is 5.13 Å². The van der Waals surface area contributed by atoms with Gasteiger partial charge in [0.25, 0.3) is 10.0 Å². The average molecular weight is 402 g/mol. The van der Waals surface area contributed by atoms with Crippen LogP contribution in [0.1, 0.15) is 18.7 Å². The molecule has 1 amide bonds. The van der Waals surface area contributed by atoms with Crippen LogP contribution < -0.4 is 10.0 Å². The van der Waals surface area contributed by atoms with Crippen molar-refractivity contribution in [2.75, 3.05) is 10.0 Å². The number of sulfonamides is 1. The van der Waals surface area contributed by atoms with Gasteiger partial charge in [-0.1, -0.05) is 37.3 Å². The highest BCUT2D eigenvalue weighted by atomic mass is 32.2. The van der Waals surface area contributed by atoms with Gasteiger partial charge in [-0.15, -0.1) is 11.3 Å². The molecule has 0 radical (unpaired) electrons. The summed E-state index contributed by atoms with van der Waals surface area (Å²) in [5.74, 6) is -0.216. The normalized spacial score (nSPS) is 11.2. The fraction of sp³-hybridized carbons (Fsp3) is 0.158. The number of carbonyl (C=O) groups excluding carboxylic acids is 1. The van der Waals surface area contributed by atoms with Crippen molar-refractivity contribution < 1.29 is 13.2 Å². The number of carbonyl (C=O) groups is 1. The Balaban J connectivity index is 1.86.